The summed E-state index contributed by atoms with van der Waals surface area (Å²) in [5, 5.41) is 13.9. The summed E-state index contributed by atoms with van der Waals surface area (Å²) in [6, 6.07) is 5.97. The number of aromatic nitrogens is 2. The Kier molecular flexibility index (Phi) is 4.31. The lowest BCUT2D eigenvalue weighted by atomic mass is 10.0. The molecular weight excluding hydrogens is 323 g/mol. The number of carbonyl (C=O) groups is 1. The van der Waals surface area contributed by atoms with Crippen molar-refractivity contribution in [3.63, 3.8) is 0 Å². The molecule has 0 bridgehead atoms. The number of β-amino-alcohol motifs (C(OH)–C–C–N with tert-alkyl or cyclic N) is 1. The predicted molar refractivity (Wildman–Crippen MR) is 78.7 cm³/mol. The van der Waals surface area contributed by atoms with E-state index in [-0.39, 0.29) is 19.0 Å². The molecule has 1 saturated heterocycles. The van der Waals surface area contributed by atoms with Crippen LogP contribution in [-0.4, -0.2) is 38.3 Å². The molecule has 2 atom stereocenters. The Labute approximate surface area is 136 Å². The van der Waals surface area contributed by atoms with Gasteiger partial charge in [0.15, 0.2) is 0 Å². The van der Waals surface area contributed by atoms with Gasteiger partial charge in [-0.2, -0.15) is 18.3 Å². The third kappa shape index (κ3) is 3.43. The zero-order chi connectivity index (χ0) is 17.3. The highest BCUT2D eigenvalue weighted by molar-refractivity contribution is 5.77. The fraction of sp³-hybridized carbons (Fsp3) is 0.375. The van der Waals surface area contributed by atoms with Crippen LogP contribution in [0.4, 0.5) is 13.2 Å². The Balaban J connectivity index is 1.78. The lowest BCUT2D eigenvalue weighted by Crippen LogP contribution is -2.34. The fourth-order valence-corrected chi connectivity index (χ4v) is 2.92. The van der Waals surface area contributed by atoms with Gasteiger partial charge in [-0.05, 0) is 30.2 Å². The highest BCUT2D eigenvalue weighted by atomic mass is 19.4. The van der Waals surface area contributed by atoms with Crippen molar-refractivity contribution in [3.8, 4) is 0 Å². The van der Waals surface area contributed by atoms with E-state index >= 15 is 0 Å². The molecule has 3 rings (SSSR count). The maximum Gasteiger partial charge on any atom is 0.416 e. The standard InChI is InChI=1S/C16H16F3N3O2/c17-16(18,19)12-4-2-11(3-5-12)14-8-13(23)9-22(14)15(24)10-21-7-1-6-20-21/h1-7,13-14,23H,8-10H2/t13-,14-/m0/s1. The van der Waals surface area contributed by atoms with E-state index in [9.17, 15) is 23.1 Å². The van der Waals surface area contributed by atoms with Crippen molar-refractivity contribution in [2.45, 2.75) is 31.3 Å². The minimum absolute atomic E-state index is 0.0247. The van der Waals surface area contributed by atoms with E-state index in [1.807, 2.05) is 0 Å². The molecule has 1 aliphatic heterocycles. The second-order valence-electron chi connectivity index (χ2n) is 5.77. The molecule has 0 saturated carbocycles. The maximum absolute atomic E-state index is 12.7. The van der Waals surface area contributed by atoms with Crippen LogP contribution in [0.2, 0.25) is 0 Å². The van der Waals surface area contributed by atoms with Gasteiger partial charge < -0.3 is 10.0 Å². The Morgan fingerprint density at radius 1 is 1.29 bits per heavy atom. The number of likely N-dealkylation sites (tertiary alicyclic amines) is 1. The summed E-state index contributed by atoms with van der Waals surface area (Å²) in [4.78, 5) is 13.9. The molecule has 24 heavy (non-hydrogen) atoms. The molecule has 1 amide bonds. The second-order valence-corrected chi connectivity index (χ2v) is 5.77. The van der Waals surface area contributed by atoms with Crippen molar-refractivity contribution in [1.82, 2.24) is 14.7 Å². The van der Waals surface area contributed by atoms with E-state index in [4.69, 9.17) is 0 Å². The number of carbonyl (C=O) groups excluding carboxylic acids is 1. The van der Waals surface area contributed by atoms with E-state index < -0.39 is 23.9 Å². The molecule has 1 N–H and O–H groups in total. The van der Waals surface area contributed by atoms with Crippen molar-refractivity contribution >= 4 is 5.91 Å². The minimum Gasteiger partial charge on any atom is -0.391 e. The third-order valence-electron chi connectivity index (χ3n) is 4.08. The third-order valence-corrected chi connectivity index (χ3v) is 4.08. The van der Waals surface area contributed by atoms with Crippen molar-refractivity contribution in [1.29, 1.82) is 0 Å². The van der Waals surface area contributed by atoms with Gasteiger partial charge in [-0.1, -0.05) is 12.1 Å². The fourth-order valence-electron chi connectivity index (χ4n) is 2.92. The van der Waals surface area contributed by atoms with Crippen LogP contribution in [0, 0.1) is 0 Å². The molecule has 0 unspecified atom stereocenters. The van der Waals surface area contributed by atoms with Crippen LogP contribution in [0.5, 0.6) is 0 Å². The summed E-state index contributed by atoms with van der Waals surface area (Å²) in [5.74, 6) is -0.236. The number of alkyl halides is 3. The van der Waals surface area contributed by atoms with Gasteiger partial charge in [0, 0.05) is 18.9 Å². The van der Waals surface area contributed by atoms with Gasteiger partial charge in [0.2, 0.25) is 5.91 Å². The number of hydrogen-bond acceptors (Lipinski definition) is 3. The van der Waals surface area contributed by atoms with Crippen molar-refractivity contribution < 1.29 is 23.1 Å². The van der Waals surface area contributed by atoms with E-state index in [1.54, 1.807) is 18.5 Å². The van der Waals surface area contributed by atoms with Gasteiger partial charge in [-0.15, -0.1) is 0 Å². The average Bonchev–Trinajstić information content (AvgIpc) is 3.16. The van der Waals surface area contributed by atoms with Gasteiger partial charge in [0.05, 0.1) is 17.7 Å². The number of aliphatic hydroxyl groups excluding tert-OH is 1. The van der Waals surface area contributed by atoms with E-state index in [2.05, 4.69) is 5.10 Å². The van der Waals surface area contributed by atoms with Crippen LogP contribution in [0.1, 0.15) is 23.6 Å². The Bertz CT molecular complexity index is 698. The Morgan fingerprint density at radius 3 is 2.58 bits per heavy atom. The minimum atomic E-state index is -4.40. The van der Waals surface area contributed by atoms with E-state index in [0.717, 1.165) is 12.1 Å². The Hall–Kier alpha value is -2.35. The molecule has 2 heterocycles. The van der Waals surface area contributed by atoms with Gasteiger partial charge in [0.1, 0.15) is 6.54 Å². The van der Waals surface area contributed by atoms with Gasteiger partial charge in [0.25, 0.3) is 0 Å². The largest absolute Gasteiger partial charge is 0.416 e. The molecule has 0 spiro atoms. The molecule has 1 aliphatic rings. The lowest BCUT2D eigenvalue weighted by molar-refractivity contribution is -0.137. The first-order valence-corrected chi connectivity index (χ1v) is 7.46. The topological polar surface area (TPSA) is 58.4 Å². The number of hydrogen-bond donors (Lipinski definition) is 1. The number of amides is 1. The summed E-state index contributed by atoms with van der Waals surface area (Å²) in [6.45, 7) is 0.183. The van der Waals surface area contributed by atoms with E-state index in [0.29, 0.717) is 12.0 Å². The maximum atomic E-state index is 12.7. The molecule has 1 aromatic heterocycles. The number of halogens is 3. The molecular formula is C16H16F3N3O2. The molecule has 0 aliphatic carbocycles. The summed E-state index contributed by atoms with van der Waals surface area (Å²) in [5.41, 5.74) is -0.160. The number of nitrogens with zero attached hydrogens (tertiary/aromatic N) is 3. The SMILES string of the molecule is O=C(Cn1cccn1)N1C[C@@H](O)C[C@H]1c1ccc(C(F)(F)F)cc1. The number of benzene rings is 1. The molecule has 128 valence electrons. The average molecular weight is 339 g/mol. The predicted octanol–water partition coefficient (Wildman–Crippen LogP) is 2.24. The first kappa shape index (κ1) is 16.5. The Morgan fingerprint density at radius 2 is 2.00 bits per heavy atom. The highest BCUT2D eigenvalue weighted by Crippen LogP contribution is 2.35. The zero-order valence-corrected chi connectivity index (χ0v) is 12.6. The van der Waals surface area contributed by atoms with Gasteiger partial charge in [-0.25, -0.2) is 0 Å². The van der Waals surface area contributed by atoms with Crippen molar-refractivity contribution in [2.75, 3.05) is 6.54 Å². The number of aliphatic hydroxyl groups is 1. The first-order chi connectivity index (χ1) is 11.3. The van der Waals surface area contributed by atoms with Crippen LogP contribution in [0.25, 0.3) is 0 Å². The van der Waals surface area contributed by atoms with Crippen molar-refractivity contribution in [3.05, 3.63) is 53.9 Å². The van der Waals surface area contributed by atoms with E-state index in [1.165, 1.54) is 21.7 Å². The summed E-state index contributed by atoms with van der Waals surface area (Å²) >= 11 is 0. The molecule has 1 aromatic carbocycles. The van der Waals surface area contributed by atoms with Crippen LogP contribution >= 0.6 is 0 Å². The zero-order valence-electron chi connectivity index (χ0n) is 12.6. The van der Waals surface area contributed by atoms with Crippen LogP contribution in [0.3, 0.4) is 0 Å². The monoisotopic (exact) mass is 339 g/mol. The van der Waals surface area contributed by atoms with Gasteiger partial charge >= 0.3 is 6.18 Å². The summed E-state index contributed by atoms with van der Waals surface area (Å²) in [7, 11) is 0. The molecule has 2 aromatic rings. The quantitative estimate of drug-likeness (QED) is 0.933. The highest BCUT2D eigenvalue weighted by Gasteiger charge is 2.36. The molecule has 8 heteroatoms. The smallest absolute Gasteiger partial charge is 0.391 e. The van der Waals surface area contributed by atoms with Crippen LogP contribution < -0.4 is 0 Å². The molecule has 0 radical (unpaired) electrons. The molecule has 1 fully saturated rings. The summed E-state index contributed by atoms with van der Waals surface area (Å²) in [6.07, 6.45) is -1.59. The second kappa shape index (κ2) is 6.27. The lowest BCUT2D eigenvalue weighted by Gasteiger charge is -2.25. The normalized spacial score (nSPS) is 21.2. The van der Waals surface area contributed by atoms with Crippen LogP contribution in [-0.2, 0) is 17.5 Å². The van der Waals surface area contributed by atoms with Crippen molar-refractivity contribution in [2.24, 2.45) is 0 Å². The summed E-state index contributed by atoms with van der Waals surface area (Å²) < 4.78 is 39.5. The van der Waals surface area contributed by atoms with Gasteiger partial charge in [-0.3, -0.25) is 9.48 Å². The number of rotatable bonds is 3. The molecule has 5 nitrogen and oxygen atoms in total. The van der Waals surface area contributed by atoms with Crippen LogP contribution in [0.15, 0.2) is 42.7 Å². The first-order valence-electron chi connectivity index (χ1n) is 7.46.